The Morgan fingerprint density at radius 1 is 1.25 bits per heavy atom. The highest BCUT2D eigenvalue weighted by Crippen LogP contribution is 2.29. The molecule has 0 aromatic heterocycles. The van der Waals surface area contributed by atoms with Crippen molar-refractivity contribution in [2.45, 2.75) is 18.4 Å². The largest absolute Gasteiger partial charge is 0.315 e. The SMILES string of the molecule is CNC1(c2cc(F)cc(F)c2)CCCNC1. The van der Waals surface area contributed by atoms with Crippen molar-refractivity contribution >= 4 is 0 Å². The average Bonchev–Trinajstić information content (AvgIpc) is 2.28. The number of hydrogen-bond acceptors (Lipinski definition) is 2. The molecule has 1 aliphatic heterocycles. The molecule has 1 atom stereocenters. The molecule has 0 amide bonds. The van der Waals surface area contributed by atoms with Crippen LogP contribution < -0.4 is 10.6 Å². The molecule has 0 radical (unpaired) electrons. The summed E-state index contributed by atoms with van der Waals surface area (Å²) in [5.74, 6) is -1.04. The van der Waals surface area contributed by atoms with E-state index in [0.29, 0.717) is 12.1 Å². The molecule has 1 aromatic rings. The number of rotatable bonds is 2. The maximum Gasteiger partial charge on any atom is 0.126 e. The fourth-order valence-electron chi connectivity index (χ4n) is 2.34. The normalized spacial score (nSPS) is 25.7. The second-order valence-corrected chi connectivity index (χ2v) is 4.27. The fourth-order valence-corrected chi connectivity index (χ4v) is 2.34. The summed E-state index contributed by atoms with van der Waals surface area (Å²) < 4.78 is 26.4. The van der Waals surface area contributed by atoms with Gasteiger partial charge in [-0.25, -0.2) is 8.78 Å². The van der Waals surface area contributed by atoms with E-state index in [4.69, 9.17) is 0 Å². The van der Waals surface area contributed by atoms with Crippen molar-refractivity contribution in [2.24, 2.45) is 0 Å². The summed E-state index contributed by atoms with van der Waals surface area (Å²) >= 11 is 0. The monoisotopic (exact) mass is 226 g/mol. The smallest absolute Gasteiger partial charge is 0.126 e. The number of nitrogens with one attached hydrogen (secondary N) is 2. The van der Waals surface area contributed by atoms with Crippen molar-refractivity contribution in [1.82, 2.24) is 10.6 Å². The van der Waals surface area contributed by atoms with Crippen LogP contribution in [0.4, 0.5) is 8.78 Å². The minimum Gasteiger partial charge on any atom is -0.315 e. The summed E-state index contributed by atoms with van der Waals surface area (Å²) in [4.78, 5) is 0. The number of hydrogen-bond donors (Lipinski definition) is 2. The molecular weight excluding hydrogens is 210 g/mol. The molecule has 0 spiro atoms. The lowest BCUT2D eigenvalue weighted by molar-refractivity contribution is 0.267. The molecule has 88 valence electrons. The van der Waals surface area contributed by atoms with Crippen molar-refractivity contribution in [1.29, 1.82) is 0 Å². The van der Waals surface area contributed by atoms with Gasteiger partial charge in [0.25, 0.3) is 0 Å². The zero-order chi connectivity index (χ0) is 11.6. The van der Waals surface area contributed by atoms with Crippen LogP contribution in [0.5, 0.6) is 0 Å². The highest BCUT2D eigenvalue weighted by molar-refractivity contribution is 5.27. The van der Waals surface area contributed by atoms with Crippen molar-refractivity contribution in [3.63, 3.8) is 0 Å². The van der Waals surface area contributed by atoms with Gasteiger partial charge in [-0.3, -0.25) is 0 Å². The van der Waals surface area contributed by atoms with Gasteiger partial charge in [0.1, 0.15) is 11.6 Å². The van der Waals surface area contributed by atoms with E-state index in [1.165, 1.54) is 12.1 Å². The molecule has 2 rings (SSSR count). The van der Waals surface area contributed by atoms with E-state index in [1.807, 2.05) is 7.05 Å². The highest BCUT2D eigenvalue weighted by Gasteiger charge is 2.32. The van der Waals surface area contributed by atoms with Crippen LogP contribution in [0.25, 0.3) is 0 Å². The first kappa shape index (κ1) is 11.5. The van der Waals surface area contributed by atoms with Crippen LogP contribution in [0.1, 0.15) is 18.4 Å². The summed E-state index contributed by atoms with van der Waals surface area (Å²) in [5.41, 5.74) is 0.334. The Morgan fingerprint density at radius 2 is 1.94 bits per heavy atom. The molecule has 1 saturated heterocycles. The van der Waals surface area contributed by atoms with Crippen LogP contribution in [0.2, 0.25) is 0 Å². The first-order valence-electron chi connectivity index (χ1n) is 5.52. The van der Waals surface area contributed by atoms with E-state index in [0.717, 1.165) is 25.5 Å². The molecule has 1 heterocycles. The van der Waals surface area contributed by atoms with Crippen LogP contribution in [0, 0.1) is 11.6 Å². The first-order valence-corrected chi connectivity index (χ1v) is 5.52. The van der Waals surface area contributed by atoms with E-state index in [2.05, 4.69) is 10.6 Å². The van der Waals surface area contributed by atoms with Crippen LogP contribution in [-0.2, 0) is 5.54 Å². The van der Waals surface area contributed by atoms with Crippen molar-refractivity contribution in [3.8, 4) is 0 Å². The highest BCUT2D eigenvalue weighted by atomic mass is 19.1. The molecule has 0 aliphatic carbocycles. The van der Waals surface area contributed by atoms with Crippen molar-refractivity contribution < 1.29 is 8.78 Å². The standard InChI is InChI=1S/C12H16F2N2/c1-15-12(3-2-4-16-8-12)9-5-10(13)7-11(14)6-9/h5-7,15-16H,2-4,8H2,1H3. The van der Waals surface area contributed by atoms with E-state index in [1.54, 1.807) is 0 Å². The second-order valence-electron chi connectivity index (χ2n) is 4.27. The van der Waals surface area contributed by atoms with Gasteiger partial charge in [-0.2, -0.15) is 0 Å². The lowest BCUT2D eigenvalue weighted by Crippen LogP contribution is -2.51. The second kappa shape index (κ2) is 4.47. The third kappa shape index (κ3) is 2.08. The predicted octanol–water partition coefficient (Wildman–Crippen LogP) is 1.76. The molecule has 16 heavy (non-hydrogen) atoms. The van der Waals surface area contributed by atoms with Gasteiger partial charge >= 0.3 is 0 Å². The number of likely N-dealkylation sites (N-methyl/N-ethyl adjacent to an activating group) is 1. The maximum absolute atomic E-state index is 13.2. The molecule has 1 aliphatic rings. The van der Waals surface area contributed by atoms with Crippen LogP contribution in [0.3, 0.4) is 0 Å². The Kier molecular flexibility index (Phi) is 3.21. The van der Waals surface area contributed by atoms with Gasteiger partial charge in [0.2, 0.25) is 0 Å². The Bertz CT molecular complexity index is 353. The summed E-state index contributed by atoms with van der Waals surface area (Å²) in [6, 6.07) is 3.72. The average molecular weight is 226 g/mol. The van der Waals surface area contributed by atoms with Crippen LogP contribution in [0.15, 0.2) is 18.2 Å². The van der Waals surface area contributed by atoms with E-state index < -0.39 is 11.6 Å². The zero-order valence-corrected chi connectivity index (χ0v) is 9.32. The van der Waals surface area contributed by atoms with Crippen LogP contribution in [-0.4, -0.2) is 20.1 Å². The molecule has 1 aromatic carbocycles. The van der Waals surface area contributed by atoms with Gasteiger partial charge in [0.05, 0.1) is 5.54 Å². The van der Waals surface area contributed by atoms with Gasteiger partial charge in [-0.05, 0) is 44.1 Å². The number of halogens is 2. The third-order valence-electron chi connectivity index (χ3n) is 3.28. The zero-order valence-electron chi connectivity index (χ0n) is 9.32. The van der Waals surface area contributed by atoms with Gasteiger partial charge < -0.3 is 10.6 Å². The van der Waals surface area contributed by atoms with Gasteiger partial charge in [0, 0.05) is 12.6 Å². The summed E-state index contributed by atoms with van der Waals surface area (Å²) in [6.07, 6.45) is 1.89. The number of piperidine rings is 1. The fraction of sp³-hybridized carbons (Fsp3) is 0.500. The molecular formula is C12H16F2N2. The lowest BCUT2D eigenvalue weighted by atomic mass is 9.83. The quantitative estimate of drug-likeness (QED) is 0.803. The van der Waals surface area contributed by atoms with Crippen molar-refractivity contribution in [3.05, 3.63) is 35.4 Å². The van der Waals surface area contributed by atoms with E-state index >= 15 is 0 Å². The summed E-state index contributed by atoms with van der Waals surface area (Å²) in [7, 11) is 1.83. The minimum absolute atomic E-state index is 0.346. The Labute approximate surface area is 94.0 Å². The summed E-state index contributed by atoms with van der Waals surface area (Å²) in [5, 5.41) is 6.45. The molecule has 4 heteroatoms. The first-order chi connectivity index (χ1) is 7.66. The van der Waals surface area contributed by atoms with Crippen molar-refractivity contribution in [2.75, 3.05) is 20.1 Å². The molecule has 0 saturated carbocycles. The van der Waals surface area contributed by atoms with Gasteiger partial charge in [0.15, 0.2) is 0 Å². The van der Waals surface area contributed by atoms with E-state index in [-0.39, 0.29) is 5.54 Å². The van der Waals surface area contributed by atoms with Gasteiger partial charge in [-0.15, -0.1) is 0 Å². The molecule has 2 nitrogen and oxygen atoms in total. The maximum atomic E-state index is 13.2. The molecule has 2 N–H and O–H groups in total. The topological polar surface area (TPSA) is 24.1 Å². The van der Waals surface area contributed by atoms with Crippen LogP contribution >= 0.6 is 0 Å². The minimum atomic E-state index is -0.518. The van der Waals surface area contributed by atoms with E-state index in [9.17, 15) is 8.78 Å². The molecule has 0 bridgehead atoms. The Balaban J connectivity index is 2.38. The Hall–Kier alpha value is -1.00. The number of benzene rings is 1. The third-order valence-corrected chi connectivity index (χ3v) is 3.28. The molecule has 1 fully saturated rings. The predicted molar refractivity (Wildman–Crippen MR) is 59.2 cm³/mol. The van der Waals surface area contributed by atoms with Gasteiger partial charge in [-0.1, -0.05) is 0 Å². The molecule has 1 unspecified atom stereocenters. The lowest BCUT2D eigenvalue weighted by Gasteiger charge is -2.38. The summed E-state index contributed by atoms with van der Waals surface area (Å²) in [6.45, 7) is 1.66. The Morgan fingerprint density at radius 3 is 2.44 bits per heavy atom.